The van der Waals surface area contributed by atoms with Gasteiger partial charge in [-0.05, 0) is 30.5 Å². The number of pyridine rings is 2. The van der Waals surface area contributed by atoms with Crippen LogP contribution in [0.4, 0.5) is 18.9 Å². The second-order valence-corrected chi connectivity index (χ2v) is 7.94. The fourth-order valence-electron chi connectivity index (χ4n) is 4.09. The van der Waals surface area contributed by atoms with Crippen molar-refractivity contribution in [3.8, 4) is 22.4 Å². The number of amides is 1. The smallest absolute Gasteiger partial charge is 0.284 e. The number of aliphatic hydroxyl groups is 1. The minimum absolute atomic E-state index is 0.0620. The van der Waals surface area contributed by atoms with Crippen molar-refractivity contribution in [2.24, 2.45) is 11.8 Å². The number of hydrogen-bond acceptors (Lipinski definition) is 6. The van der Waals surface area contributed by atoms with E-state index in [1.807, 2.05) is 12.3 Å². The van der Waals surface area contributed by atoms with E-state index in [9.17, 15) is 18.7 Å². The highest BCUT2D eigenvalue weighted by Gasteiger charge is 2.33. The lowest BCUT2D eigenvalue weighted by Gasteiger charge is -2.37. The molecule has 0 radical (unpaired) electrons. The van der Waals surface area contributed by atoms with Crippen LogP contribution < -0.4 is 16.2 Å². The molecule has 7 nitrogen and oxygen atoms in total. The first-order valence-electron chi connectivity index (χ1n) is 10.4. The molecule has 0 aliphatic carbocycles. The largest absolute Gasteiger partial charge is 0.393 e. The van der Waals surface area contributed by atoms with E-state index in [1.54, 1.807) is 17.0 Å². The van der Waals surface area contributed by atoms with Crippen LogP contribution in [0.25, 0.3) is 22.4 Å². The third kappa shape index (κ3) is 4.14. The number of anilines is 1. The van der Waals surface area contributed by atoms with E-state index in [-0.39, 0.29) is 36.0 Å². The lowest BCUT2D eigenvalue weighted by atomic mass is 9.93. The molecule has 4 rings (SSSR count). The Morgan fingerprint density at radius 2 is 1.91 bits per heavy atom. The molecule has 2 aromatic heterocycles. The number of piperidine rings is 1. The number of carbonyl (C=O) groups excluding carboxylic acids is 1. The van der Waals surface area contributed by atoms with E-state index in [1.165, 1.54) is 12.4 Å². The average Bonchev–Trinajstić information content (AvgIpc) is 2.81. The predicted octanol–water partition coefficient (Wildman–Crippen LogP) is 3.04. The molecule has 10 heteroatoms. The van der Waals surface area contributed by atoms with Gasteiger partial charge in [-0.2, -0.15) is 0 Å². The topological polar surface area (TPSA) is 104 Å². The summed E-state index contributed by atoms with van der Waals surface area (Å²) in [7, 11) is 0. The Bertz CT molecular complexity index is 1170. The Morgan fingerprint density at radius 1 is 1.18 bits per heavy atom. The van der Waals surface area contributed by atoms with Crippen LogP contribution in [0.2, 0.25) is 0 Å². The van der Waals surface area contributed by atoms with Crippen LogP contribution in [0.5, 0.6) is 0 Å². The fraction of sp³-hybridized carbons (Fsp3) is 0.261. The molecule has 3 aromatic rings. The van der Waals surface area contributed by atoms with Crippen molar-refractivity contribution in [1.82, 2.24) is 15.4 Å². The van der Waals surface area contributed by atoms with Crippen molar-refractivity contribution < 1.29 is 23.1 Å². The van der Waals surface area contributed by atoms with Crippen LogP contribution in [0.3, 0.4) is 0 Å². The first-order valence-corrected chi connectivity index (χ1v) is 10.4. The summed E-state index contributed by atoms with van der Waals surface area (Å²) in [5.41, 5.74) is 0.731. The Kier molecular flexibility index (Phi) is 6.30. The molecule has 1 fully saturated rings. The summed E-state index contributed by atoms with van der Waals surface area (Å²) < 4.78 is 45.4. The number of benzene rings is 1. The number of nitrogens with zero attached hydrogens (tertiary/aromatic N) is 3. The monoisotopic (exact) mass is 457 g/mol. The molecule has 0 bridgehead atoms. The van der Waals surface area contributed by atoms with Crippen molar-refractivity contribution in [1.29, 1.82) is 0 Å². The van der Waals surface area contributed by atoms with Crippen molar-refractivity contribution in [3.05, 3.63) is 65.9 Å². The van der Waals surface area contributed by atoms with Gasteiger partial charge in [0.15, 0.2) is 5.82 Å². The molecule has 4 N–H and O–H groups in total. The SMILES string of the molecule is CC1CN(c2c(F)c(-c3c(F)cccc3F)nc(C(=O)NN)c2-c2cccnc2)CCC1O. The van der Waals surface area contributed by atoms with Gasteiger partial charge in [-0.15, -0.1) is 0 Å². The molecule has 3 heterocycles. The standard InChI is InChI=1S/C23H22F3N5O2/c1-12-11-31(9-7-16(12)32)22-17(13-4-3-8-28-10-13)21(23(33)30-27)29-20(19(22)26)18-14(24)5-2-6-15(18)25/h2-6,8,10,12,16,32H,7,9,11,27H2,1H3,(H,30,33). The van der Waals surface area contributed by atoms with E-state index < -0.39 is 40.7 Å². The molecule has 1 aliphatic rings. The van der Waals surface area contributed by atoms with E-state index in [0.29, 0.717) is 12.0 Å². The molecule has 1 amide bonds. The number of hydrazine groups is 1. The first-order chi connectivity index (χ1) is 15.8. The fourth-order valence-corrected chi connectivity index (χ4v) is 4.09. The molecule has 2 unspecified atom stereocenters. The van der Waals surface area contributed by atoms with Crippen molar-refractivity contribution >= 4 is 11.6 Å². The van der Waals surface area contributed by atoms with E-state index in [0.717, 1.165) is 18.2 Å². The molecule has 33 heavy (non-hydrogen) atoms. The second kappa shape index (κ2) is 9.16. The summed E-state index contributed by atoms with van der Waals surface area (Å²) in [6, 6.07) is 6.34. The van der Waals surface area contributed by atoms with Crippen LogP contribution in [0.1, 0.15) is 23.8 Å². The van der Waals surface area contributed by atoms with Crippen LogP contribution in [-0.4, -0.2) is 40.2 Å². The van der Waals surface area contributed by atoms with Crippen molar-refractivity contribution in [2.75, 3.05) is 18.0 Å². The minimum Gasteiger partial charge on any atom is -0.393 e. The molecule has 2 atom stereocenters. The van der Waals surface area contributed by atoms with Crippen LogP contribution in [-0.2, 0) is 0 Å². The van der Waals surface area contributed by atoms with Crippen LogP contribution in [0.15, 0.2) is 42.7 Å². The zero-order valence-electron chi connectivity index (χ0n) is 17.7. The maximum absolute atomic E-state index is 16.1. The molecule has 1 aliphatic heterocycles. The second-order valence-electron chi connectivity index (χ2n) is 7.94. The highest BCUT2D eigenvalue weighted by molar-refractivity contribution is 6.03. The zero-order chi connectivity index (χ0) is 23.7. The van der Waals surface area contributed by atoms with Gasteiger partial charge in [0.1, 0.15) is 23.0 Å². The summed E-state index contributed by atoms with van der Waals surface area (Å²) in [6.45, 7) is 2.31. The molecule has 1 aromatic carbocycles. The summed E-state index contributed by atoms with van der Waals surface area (Å²) in [5.74, 6) is 1.24. The number of nitrogens with one attached hydrogen (secondary N) is 1. The normalized spacial score (nSPS) is 18.3. The average molecular weight is 457 g/mol. The zero-order valence-corrected chi connectivity index (χ0v) is 17.7. The van der Waals surface area contributed by atoms with Gasteiger partial charge in [0.05, 0.1) is 17.4 Å². The van der Waals surface area contributed by atoms with E-state index in [4.69, 9.17) is 5.84 Å². The Hall–Kier alpha value is -3.50. The summed E-state index contributed by atoms with van der Waals surface area (Å²) >= 11 is 0. The van der Waals surface area contributed by atoms with Gasteiger partial charge in [-0.25, -0.2) is 24.0 Å². The molecular weight excluding hydrogens is 435 g/mol. The van der Waals surface area contributed by atoms with Gasteiger partial charge < -0.3 is 10.0 Å². The van der Waals surface area contributed by atoms with Crippen molar-refractivity contribution in [3.63, 3.8) is 0 Å². The maximum atomic E-state index is 16.1. The quantitative estimate of drug-likeness (QED) is 0.316. The number of nitrogen functional groups attached to an aromatic ring is 1. The van der Waals surface area contributed by atoms with E-state index >= 15 is 4.39 Å². The van der Waals surface area contributed by atoms with Gasteiger partial charge in [0, 0.05) is 36.6 Å². The number of carbonyl (C=O) groups is 1. The summed E-state index contributed by atoms with van der Waals surface area (Å²) in [4.78, 5) is 22.5. The van der Waals surface area contributed by atoms with Gasteiger partial charge in [-0.3, -0.25) is 15.2 Å². The van der Waals surface area contributed by atoms with E-state index in [2.05, 4.69) is 9.97 Å². The number of rotatable bonds is 4. The first kappa shape index (κ1) is 22.7. The van der Waals surface area contributed by atoms with Gasteiger partial charge in [-0.1, -0.05) is 19.1 Å². The lowest BCUT2D eigenvalue weighted by Crippen LogP contribution is -2.43. The predicted molar refractivity (Wildman–Crippen MR) is 116 cm³/mol. The number of aromatic nitrogens is 2. The van der Waals surface area contributed by atoms with Crippen LogP contribution in [0, 0.1) is 23.4 Å². The number of aliphatic hydroxyl groups excluding tert-OH is 1. The Labute approximate surface area is 188 Å². The molecule has 0 spiro atoms. The Balaban J connectivity index is 2.07. The molecule has 172 valence electrons. The van der Waals surface area contributed by atoms with Gasteiger partial charge in [0.2, 0.25) is 0 Å². The third-order valence-electron chi connectivity index (χ3n) is 5.79. The van der Waals surface area contributed by atoms with Crippen molar-refractivity contribution in [2.45, 2.75) is 19.4 Å². The molecule has 0 saturated carbocycles. The highest BCUT2D eigenvalue weighted by Crippen LogP contribution is 2.42. The lowest BCUT2D eigenvalue weighted by molar-refractivity contribution is 0.0946. The number of hydrogen-bond donors (Lipinski definition) is 3. The summed E-state index contributed by atoms with van der Waals surface area (Å²) in [5, 5.41) is 10.2. The minimum atomic E-state index is -1.02. The van der Waals surface area contributed by atoms with Gasteiger partial charge >= 0.3 is 0 Å². The molecule has 1 saturated heterocycles. The number of halogens is 3. The third-order valence-corrected chi connectivity index (χ3v) is 5.79. The highest BCUT2D eigenvalue weighted by atomic mass is 19.1. The molecular formula is C23H22F3N5O2. The Morgan fingerprint density at radius 3 is 2.52 bits per heavy atom. The van der Waals surface area contributed by atoms with Gasteiger partial charge in [0.25, 0.3) is 5.91 Å². The maximum Gasteiger partial charge on any atom is 0.284 e. The summed E-state index contributed by atoms with van der Waals surface area (Å²) in [6.07, 6.45) is 2.71. The van der Waals surface area contributed by atoms with Crippen LogP contribution >= 0.6 is 0 Å². The number of nitrogens with two attached hydrogens (primary N) is 1.